The molecule has 2 aliphatic rings. The Bertz CT molecular complexity index is 1110. The predicted molar refractivity (Wildman–Crippen MR) is 143 cm³/mol. The zero-order chi connectivity index (χ0) is 24.7. The van der Waals surface area contributed by atoms with E-state index < -0.39 is 0 Å². The number of carbonyl (C=O) groups excluding carboxylic acids is 1. The second kappa shape index (κ2) is 11.6. The van der Waals surface area contributed by atoms with Crippen molar-refractivity contribution < 1.29 is 13.9 Å². The van der Waals surface area contributed by atoms with E-state index in [1.807, 2.05) is 18.2 Å². The van der Waals surface area contributed by atoms with Gasteiger partial charge in [-0.15, -0.1) is 0 Å². The Balaban J connectivity index is 1.25. The van der Waals surface area contributed by atoms with Gasteiger partial charge in [0.05, 0.1) is 13.4 Å². The predicted octanol–water partition coefficient (Wildman–Crippen LogP) is 5.93. The first-order valence-electron chi connectivity index (χ1n) is 13.1. The minimum atomic E-state index is 0.0493. The number of hydrogen-bond donors (Lipinski definition) is 0. The zero-order valence-electron chi connectivity index (χ0n) is 21.1. The van der Waals surface area contributed by atoms with Crippen LogP contribution in [0.25, 0.3) is 6.08 Å². The molecule has 1 unspecified atom stereocenters. The number of methoxy groups -OCH3 is 1. The van der Waals surface area contributed by atoms with Crippen molar-refractivity contribution in [3.8, 4) is 5.75 Å². The van der Waals surface area contributed by atoms with Crippen molar-refractivity contribution in [3.63, 3.8) is 0 Å². The van der Waals surface area contributed by atoms with Gasteiger partial charge in [-0.3, -0.25) is 9.69 Å². The Morgan fingerprint density at radius 2 is 1.78 bits per heavy atom. The number of piperidine rings is 1. The third-order valence-corrected chi connectivity index (χ3v) is 7.52. The maximum Gasteiger partial charge on any atom is 0.290 e. The molecule has 1 saturated carbocycles. The van der Waals surface area contributed by atoms with Gasteiger partial charge >= 0.3 is 0 Å². The molecule has 1 atom stereocenters. The van der Waals surface area contributed by atoms with Crippen LogP contribution >= 0.6 is 0 Å². The van der Waals surface area contributed by atoms with E-state index in [0.29, 0.717) is 17.7 Å². The molecule has 2 fully saturated rings. The maximum atomic E-state index is 13.5. The summed E-state index contributed by atoms with van der Waals surface area (Å²) in [5.74, 6) is 1.87. The lowest BCUT2D eigenvalue weighted by Crippen LogP contribution is -2.50. The van der Waals surface area contributed by atoms with Gasteiger partial charge in [0.2, 0.25) is 0 Å². The largest absolute Gasteiger partial charge is 0.497 e. The van der Waals surface area contributed by atoms with Gasteiger partial charge in [-0.1, -0.05) is 54.6 Å². The number of likely N-dealkylation sites (tertiary alicyclic amines) is 1. The van der Waals surface area contributed by atoms with Crippen LogP contribution in [0.5, 0.6) is 5.75 Å². The van der Waals surface area contributed by atoms with E-state index in [1.54, 1.807) is 19.4 Å². The summed E-state index contributed by atoms with van der Waals surface area (Å²) in [6.45, 7) is 3.05. The van der Waals surface area contributed by atoms with E-state index in [4.69, 9.17) is 9.15 Å². The Hall–Kier alpha value is -3.31. The molecule has 2 aromatic carbocycles. The fourth-order valence-electron chi connectivity index (χ4n) is 5.39. The van der Waals surface area contributed by atoms with Crippen LogP contribution in [-0.4, -0.2) is 54.5 Å². The van der Waals surface area contributed by atoms with E-state index >= 15 is 0 Å². The van der Waals surface area contributed by atoms with Gasteiger partial charge < -0.3 is 14.1 Å². The molecule has 0 spiro atoms. The number of ether oxygens (including phenoxy) is 1. The molecular weight excluding hydrogens is 448 g/mol. The second-order valence-electron chi connectivity index (χ2n) is 9.99. The Morgan fingerprint density at radius 1 is 1.03 bits per heavy atom. The quantitative estimate of drug-likeness (QED) is 0.358. The van der Waals surface area contributed by atoms with Crippen molar-refractivity contribution >= 4 is 12.0 Å². The highest BCUT2D eigenvalue weighted by Gasteiger charge is 2.42. The Morgan fingerprint density at radius 3 is 2.42 bits per heavy atom. The third-order valence-electron chi connectivity index (χ3n) is 7.52. The number of hydrogen-bond acceptors (Lipinski definition) is 4. The molecular formula is C31H36N2O3. The highest BCUT2D eigenvalue weighted by Crippen LogP contribution is 2.36. The van der Waals surface area contributed by atoms with E-state index in [-0.39, 0.29) is 11.9 Å². The average molecular weight is 485 g/mol. The molecule has 5 rings (SSSR count). The van der Waals surface area contributed by atoms with Crippen LogP contribution < -0.4 is 4.74 Å². The summed E-state index contributed by atoms with van der Waals surface area (Å²) in [6.07, 6.45) is 11.3. The second-order valence-corrected chi connectivity index (χ2v) is 9.99. The standard InChI is InChI=1S/C31H36N2O3/c1-35-28-15-11-24(12-16-28)9-5-19-32-20-17-26(18-21-32)29(23-25-7-3-2-4-8-25)33(27-13-14-27)31(34)30-10-6-22-36-30/h2-12,15-16,22,26-27,29H,13-14,17-21,23H2,1H3. The van der Waals surface area contributed by atoms with Gasteiger partial charge in [0.1, 0.15) is 5.75 Å². The molecule has 1 aliphatic carbocycles. The van der Waals surface area contributed by atoms with Gasteiger partial charge in [-0.05, 0) is 86.5 Å². The van der Waals surface area contributed by atoms with Crippen molar-refractivity contribution in [2.45, 2.75) is 44.2 Å². The molecule has 0 bridgehead atoms. The molecule has 2 heterocycles. The molecule has 1 saturated heterocycles. The average Bonchev–Trinajstić information content (AvgIpc) is 3.60. The zero-order valence-corrected chi connectivity index (χ0v) is 21.1. The van der Waals surface area contributed by atoms with E-state index in [9.17, 15) is 4.79 Å². The topological polar surface area (TPSA) is 45.9 Å². The highest BCUT2D eigenvalue weighted by molar-refractivity contribution is 5.92. The number of amides is 1. The fourth-order valence-corrected chi connectivity index (χ4v) is 5.39. The Kier molecular flexibility index (Phi) is 7.87. The monoisotopic (exact) mass is 484 g/mol. The van der Waals surface area contributed by atoms with Gasteiger partial charge in [-0.25, -0.2) is 0 Å². The molecule has 0 N–H and O–H groups in total. The number of rotatable bonds is 10. The third kappa shape index (κ3) is 6.08. The molecule has 5 nitrogen and oxygen atoms in total. The number of carbonyl (C=O) groups is 1. The molecule has 36 heavy (non-hydrogen) atoms. The molecule has 3 aromatic rings. The van der Waals surface area contributed by atoms with Crippen LogP contribution in [0.3, 0.4) is 0 Å². The van der Waals surface area contributed by atoms with Crippen molar-refractivity contribution in [1.29, 1.82) is 0 Å². The molecule has 0 radical (unpaired) electrons. The summed E-state index contributed by atoms with van der Waals surface area (Å²) in [7, 11) is 1.69. The molecule has 1 aromatic heterocycles. The summed E-state index contributed by atoms with van der Waals surface area (Å²) in [5.41, 5.74) is 2.48. The highest BCUT2D eigenvalue weighted by atomic mass is 16.5. The fraction of sp³-hybridized carbons (Fsp3) is 0.387. The lowest BCUT2D eigenvalue weighted by atomic mass is 9.84. The van der Waals surface area contributed by atoms with Crippen LogP contribution in [0, 0.1) is 5.92 Å². The normalized spacial score (nSPS) is 17.8. The van der Waals surface area contributed by atoms with Crippen LogP contribution in [0.2, 0.25) is 0 Å². The molecule has 1 amide bonds. The minimum absolute atomic E-state index is 0.0493. The lowest BCUT2D eigenvalue weighted by Gasteiger charge is -2.41. The van der Waals surface area contributed by atoms with Crippen molar-refractivity contribution in [2.75, 3.05) is 26.7 Å². The maximum absolute atomic E-state index is 13.5. The SMILES string of the molecule is COc1ccc(C=CCN2CCC(C(Cc3ccccc3)N(C(=O)c3ccco3)C3CC3)CC2)cc1. The Labute approximate surface area is 214 Å². The van der Waals surface area contributed by atoms with E-state index in [0.717, 1.165) is 57.5 Å². The van der Waals surface area contributed by atoms with Gasteiger partial charge in [0.25, 0.3) is 5.91 Å². The van der Waals surface area contributed by atoms with Crippen molar-refractivity contribution in [3.05, 3.63) is 96.0 Å². The summed E-state index contributed by atoms with van der Waals surface area (Å²) >= 11 is 0. The van der Waals surface area contributed by atoms with Crippen LogP contribution in [-0.2, 0) is 6.42 Å². The van der Waals surface area contributed by atoms with E-state index in [2.05, 4.69) is 64.4 Å². The first kappa shape index (κ1) is 24.4. The number of nitrogens with zero attached hydrogens (tertiary/aromatic N) is 2. The summed E-state index contributed by atoms with van der Waals surface area (Å²) in [5, 5.41) is 0. The van der Waals surface area contributed by atoms with Gasteiger partial charge in [-0.2, -0.15) is 0 Å². The van der Waals surface area contributed by atoms with Crippen LogP contribution in [0.4, 0.5) is 0 Å². The summed E-state index contributed by atoms with van der Waals surface area (Å²) < 4.78 is 10.8. The lowest BCUT2D eigenvalue weighted by molar-refractivity contribution is 0.0467. The number of furan rings is 1. The first-order chi connectivity index (χ1) is 17.7. The van der Waals surface area contributed by atoms with Gasteiger partial charge in [0, 0.05) is 18.6 Å². The first-order valence-corrected chi connectivity index (χ1v) is 13.1. The van der Waals surface area contributed by atoms with E-state index in [1.165, 1.54) is 11.1 Å². The van der Waals surface area contributed by atoms with Crippen LogP contribution in [0.15, 0.2) is 83.5 Å². The van der Waals surface area contributed by atoms with Crippen LogP contribution in [0.1, 0.15) is 47.4 Å². The van der Waals surface area contributed by atoms with Crippen molar-refractivity contribution in [2.24, 2.45) is 5.92 Å². The van der Waals surface area contributed by atoms with Crippen molar-refractivity contribution in [1.82, 2.24) is 9.80 Å². The summed E-state index contributed by atoms with van der Waals surface area (Å²) in [6, 6.07) is 22.9. The molecule has 188 valence electrons. The summed E-state index contributed by atoms with van der Waals surface area (Å²) in [4.78, 5) is 18.2. The number of benzene rings is 2. The minimum Gasteiger partial charge on any atom is -0.497 e. The van der Waals surface area contributed by atoms with Gasteiger partial charge in [0.15, 0.2) is 5.76 Å². The molecule has 1 aliphatic heterocycles. The molecule has 5 heteroatoms. The smallest absolute Gasteiger partial charge is 0.290 e.